The number of hydrogen-bond donors (Lipinski definition) is 1. The number of fused-ring (bicyclic) bond motifs is 1. The molecule has 0 aromatic heterocycles. The predicted octanol–water partition coefficient (Wildman–Crippen LogP) is 3.79. The lowest BCUT2D eigenvalue weighted by atomic mass is 10.0. The van der Waals surface area contributed by atoms with E-state index in [0.29, 0.717) is 16.9 Å². The van der Waals surface area contributed by atoms with Crippen molar-refractivity contribution in [1.29, 1.82) is 0 Å². The molecular formula is C18H16F4N4O. The molecule has 0 saturated carbocycles. The summed E-state index contributed by atoms with van der Waals surface area (Å²) in [7, 11) is 0. The number of rotatable bonds is 3. The molecule has 0 saturated heterocycles. The first kappa shape index (κ1) is 18.8. The topological polar surface area (TPSA) is 63.3 Å². The van der Waals surface area contributed by atoms with Gasteiger partial charge in [0.05, 0.1) is 28.7 Å². The summed E-state index contributed by atoms with van der Waals surface area (Å²) < 4.78 is 57.3. The SMILES string of the molecule is CC(C)[C@@H](C)N=c1c2nccn(O)c-2nc(F)c1-c1c(F)cc(F)cc1F. The van der Waals surface area contributed by atoms with Crippen molar-refractivity contribution in [3.05, 3.63) is 53.3 Å². The van der Waals surface area contributed by atoms with Crippen LogP contribution in [-0.4, -0.2) is 25.9 Å². The maximum absolute atomic E-state index is 14.8. The highest BCUT2D eigenvalue weighted by atomic mass is 19.1. The van der Waals surface area contributed by atoms with Crippen molar-refractivity contribution in [2.24, 2.45) is 10.9 Å². The maximum Gasteiger partial charge on any atom is 0.225 e. The molecule has 27 heavy (non-hydrogen) atoms. The molecule has 5 nitrogen and oxygen atoms in total. The zero-order valence-corrected chi connectivity index (χ0v) is 14.7. The number of nitrogens with zero attached hydrogens (tertiary/aromatic N) is 4. The molecule has 0 amide bonds. The fraction of sp³-hybridized carbons (Fsp3) is 0.278. The first-order valence-corrected chi connectivity index (χ1v) is 8.15. The highest BCUT2D eigenvalue weighted by Crippen LogP contribution is 2.29. The van der Waals surface area contributed by atoms with Gasteiger partial charge >= 0.3 is 0 Å². The quantitative estimate of drug-likeness (QED) is 0.427. The molecule has 0 bridgehead atoms. The first-order chi connectivity index (χ1) is 12.7. The third kappa shape index (κ3) is 3.36. The van der Waals surface area contributed by atoms with Gasteiger partial charge in [-0.1, -0.05) is 13.8 Å². The summed E-state index contributed by atoms with van der Waals surface area (Å²) >= 11 is 0. The molecule has 1 aromatic rings. The molecule has 142 valence electrons. The van der Waals surface area contributed by atoms with Crippen molar-refractivity contribution in [3.8, 4) is 22.6 Å². The Labute approximate surface area is 152 Å². The highest BCUT2D eigenvalue weighted by molar-refractivity contribution is 5.70. The fourth-order valence-corrected chi connectivity index (χ4v) is 2.53. The Kier molecular flexibility index (Phi) is 4.86. The normalized spacial score (nSPS) is 13.6. The van der Waals surface area contributed by atoms with Gasteiger partial charge < -0.3 is 5.21 Å². The van der Waals surface area contributed by atoms with E-state index < -0.39 is 34.5 Å². The summed E-state index contributed by atoms with van der Waals surface area (Å²) in [5, 5.41) is 9.70. The van der Waals surface area contributed by atoms with Gasteiger partial charge in [-0.05, 0) is 12.8 Å². The summed E-state index contributed by atoms with van der Waals surface area (Å²) in [6.45, 7) is 5.48. The van der Waals surface area contributed by atoms with Gasteiger partial charge in [0, 0.05) is 18.3 Å². The molecule has 2 aliphatic heterocycles. The molecule has 2 aliphatic rings. The van der Waals surface area contributed by atoms with Crippen LogP contribution in [0.25, 0.3) is 22.6 Å². The monoisotopic (exact) mass is 380 g/mol. The van der Waals surface area contributed by atoms with Crippen molar-refractivity contribution in [3.63, 3.8) is 0 Å². The number of aromatic nitrogens is 3. The average molecular weight is 380 g/mol. The van der Waals surface area contributed by atoms with Crippen LogP contribution in [0.5, 0.6) is 0 Å². The van der Waals surface area contributed by atoms with Crippen LogP contribution >= 0.6 is 0 Å². The minimum absolute atomic E-state index is 0.0250. The van der Waals surface area contributed by atoms with E-state index in [-0.39, 0.29) is 28.8 Å². The van der Waals surface area contributed by atoms with Crippen molar-refractivity contribution in [2.75, 3.05) is 0 Å². The van der Waals surface area contributed by atoms with Crippen LogP contribution in [0.3, 0.4) is 0 Å². The maximum atomic E-state index is 14.8. The summed E-state index contributed by atoms with van der Waals surface area (Å²) in [4.78, 5) is 12.0. The molecular weight excluding hydrogens is 364 g/mol. The minimum atomic E-state index is -1.30. The van der Waals surface area contributed by atoms with Crippen LogP contribution in [0.15, 0.2) is 29.5 Å². The summed E-state index contributed by atoms with van der Waals surface area (Å²) in [5.41, 5.74) is -1.43. The van der Waals surface area contributed by atoms with E-state index in [1.54, 1.807) is 6.92 Å². The van der Waals surface area contributed by atoms with Crippen LogP contribution in [0.2, 0.25) is 0 Å². The molecule has 9 heteroatoms. The molecule has 0 aliphatic carbocycles. The molecule has 0 spiro atoms. The number of hydrogen-bond acceptors (Lipinski definition) is 4. The Balaban J connectivity index is 2.50. The Morgan fingerprint density at radius 3 is 2.26 bits per heavy atom. The standard InChI is InChI=1S/C18H16F4N4O/c1-8(2)9(3)24-15-14(13-11(20)6-10(19)7-12(13)21)17(22)25-18-16(15)23-4-5-26(18)27/h4-9,27H,1-3H3/t9-/m1/s1. The Morgan fingerprint density at radius 2 is 1.67 bits per heavy atom. The summed E-state index contributed by atoms with van der Waals surface area (Å²) in [5.74, 6) is -5.24. The highest BCUT2D eigenvalue weighted by Gasteiger charge is 2.26. The van der Waals surface area contributed by atoms with E-state index in [4.69, 9.17) is 0 Å². The van der Waals surface area contributed by atoms with Crippen LogP contribution < -0.4 is 5.36 Å². The van der Waals surface area contributed by atoms with Crippen molar-refractivity contribution in [1.82, 2.24) is 14.7 Å². The third-order valence-electron chi connectivity index (χ3n) is 4.27. The van der Waals surface area contributed by atoms with E-state index in [1.807, 2.05) is 13.8 Å². The van der Waals surface area contributed by atoms with Gasteiger partial charge in [0.2, 0.25) is 5.95 Å². The Morgan fingerprint density at radius 1 is 1.04 bits per heavy atom. The molecule has 1 N–H and O–H groups in total. The third-order valence-corrected chi connectivity index (χ3v) is 4.27. The van der Waals surface area contributed by atoms with Crippen LogP contribution in [0.4, 0.5) is 17.6 Å². The van der Waals surface area contributed by atoms with E-state index in [9.17, 15) is 22.8 Å². The second-order valence-electron chi connectivity index (χ2n) is 6.43. The number of benzene rings is 1. The molecule has 0 radical (unpaired) electrons. The number of halogens is 4. The van der Waals surface area contributed by atoms with Crippen molar-refractivity contribution >= 4 is 0 Å². The molecule has 3 rings (SSSR count). The van der Waals surface area contributed by atoms with E-state index in [1.165, 1.54) is 6.20 Å². The van der Waals surface area contributed by atoms with Crippen LogP contribution in [-0.2, 0) is 0 Å². The van der Waals surface area contributed by atoms with Crippen LogP contribution in [0, 0.1) is 29.3 Å². The second-order valence-corrected chi connectivity index (χ2v) is 6.43. The van der Waals surface area contributed by atoms with Gasteiger partial charge in [-0.15, -0.1) is 0 Å². The molecule has 1 aromatic carbocycles. The van der Waals surface area contributed by atoms with Gasteiger partial charge in [-0.2, -0.15) is 14.1 Å². The molecule has 0 unspecified atom stereocenters. The number of pyridine rings is 1. The lowest BCUT2D eigenvalue weighted by Crippen LogP contribution is -2.24. The zero-order valence-electron chi connectivity index (χ0n) is 14.7. The second kappa shape index (κ2) is 6.98. The minimum Gasteiger partial charge on any atom is -0.427 e. The van der Waals surface area contributed by atoms with E-state index >= 15 is 0 Å². The summed E-state index contributed by atoms with van der Waals surface area (Å²) in [6.07, 6.45) is 2.34. The van der Waals surface area contributed by atoms with Crippen molar-refractivity contribution in [2.45, 2.75) is 26.8 Å². The van der Waals surface area contributed by atoms with Gasteiger partial charge in [-0.3, -0.25) is 4.99 Å². The predicted molar refractivity (Wildman–Crippen MR) is 89.0 cm³/mol. The van der Waals surface area contributed by atoms with E-state index in [0.717, 1.165) is 6.20 Å². The largest absolute Gasteiger partial charge is 0.427 e. The van der Waals surface area contributed by atoms with Gasteiger partial charge in [0.1, 0.15) is 23.1 Å². The Hall–Kier alpha value is -2.97. The van der Waals surface area contributed by atoms with Gasteiger partial charge in [-0.25, -0.2) is 18.2 Å². The van der Waals surface area contributed by atoms with Crippen molar-refractivity contribution < 1.29 is 22.8 Å². The average Bonchev–Trinajstić information content (AvgIpc) is 2.57. The lowest BCUT2D eigenvalue weighted by Gasteiger charge is -2.16. The van der Waals surface area contributed by atoms with Gasteiger partial charge in [0.25, 0.3) is 0 Å². The lowest BCUT2D eigenvalue weighted by molar-refractivity contribution is 0.184. The fourth-order valence-electron chi connectivity index (χ4n) is 2.53. The zero-order chi connectivity index (χ0) is 19.9. The van der Waals surface area contributed by atoms with Gasteiger partial charge in [0.15, 0.2) is 5.82 Å². The first-order valence-electron chi connectivity index (χ1n) is 8.15. The Bertz CT molecular complexity index is 1030. The smallest absolute Gasteiger partial charge is 0.225 e. The van der Waals surface area contributed by atoms with Crippen LogP contribution in [0.1, 0.15) is 20.8 Å². The molecule has 2 heterocycles. The van der Waals surface area contributed by atoms with E-state index in [2.05, 4.69) is 15.0 Å². The molecule has 1 atom stereocenters. The summed E-state index contributed by atoms with van der Waals surface area (Å²) in [6, 6.07) is 0.527. The molecule has 0 fully saturated rings.